The van der Waals surface area contributed by atoms with Crippen molar-refractivity contribution >= 4 is 83.8 Å². The van der Waals surface area contributed by atoms with Crippen molar-refractivity contribution in [2.75, 3.05) is 49.9 Å². The predicted molar refractivity (Wildman–Crippen MR) is 333 cm³/mol. The number of amides is 1. The van der Waals surface area contributed by atoms with Gasteiger partial charge in [-0.25, -0.2) is 49.1 Å². The van der Waals surface area contributed by atoms with E-state index < -0.39 is 113 Å². The molecule has 0 spiro atoms. The molecule has 24 heteroatoms. The van der Waals surface area contributed by atoms with Crippen molar-refractivity contribution in [2.45, 2.75) is 148 Å². The van der Waals surface area contributed by atoms with Gasteiger partial charge in [0.05, 0.1) is 26.6 Å². The lowest BCUT2D eigenvalue weighted by atomic mass is 9.92. The molecule has 6 heterocycles. The van der Waals surface area contributed by atoms with E-state index in [2.05, 4.69) is 24.7 Å². The highest BCUT2D eigenvalue weighted by atomic mass is 35.5. The number of rotatable bonds is 10. The van der Waals surface area contributed by atoms with Crippen LogP contribution in [0.4, 0.5) is 26.0 Å². The van der Waals surface area contributed by atoms with E-state index in [1.165, 1.54) is 53.7 Å². The second kappa shape index (κ2) is 26.7. The number of nitrogens with zero attached hydrogens (tertiary/aromatic N) is 10. The Hall–Kier alpha value is -7.34. The third-order valence-electron chi connectivity index (χ3n) is 13.2. The minimum absolute atomic E-state index is 0.0147. The monoisotopic (exact) mass is 1250 g/mol. The number of carbonyl (C=O) groups excluding carboxylic acids is 3. The van der Waals surface area contributed by atoms with Crippen LogP contribution >= 0.6 is 11.6 Å². The molecular weight excluding hydrogens is 1160 g/mol. The molecule has 1 amide bonds. The number of likely N-dealkylation sites (N-methyl/N-ethyl adjacent to an activating group) is 2. The van der Waals surface area contributed by atoms with Gasteiger partial charge in [0.25, 0.3) is 20.0 Å². The molecule has 7 aromatic rings. The van der Waals surface area contributed by atoms with Gasteiger partial charge in [-0.1, -0.05) is 79.4 Å². The van der Waals surface area contributed by atoms with Gasteiger partial charge in [-0.15, -0.1) is 0 Å². The maximum atomic E-state index is 13.6. The summed E-state index contributed by atoms with van der Waals surface area (Å²) in [6, 6.07) is 22.4. The Morgan fingerprint density at radius 3 is 1.63 bits per heavy atom. The Labute approximate surface area is 528 Å². The Kier molecular flexibility index (Phi) is 15.5. The second-order valence-electron chi connectivity index (χ2n) is 23.6. The standard InChI is InChI=1S/C27H30ClN5O2S.C25H33N5O4S.C10H18O5/c1-19-9-11-22(12-10-19)36(34,35)33-16-14-23-25(29-27(28)30-26(23)33)31(3)24-18-32(15-13-20(24)2)17-21-7-5-4-6-8-21;1-17-7-9-19(10-8-17)35(32,33)30-14-12-20-22(26-16-27-23(20)30)28(6)21-15-29(13-11-18(21)2)24(31)34-25(3,4)5;1-9(2,3)14-7(11)13-8(12)15-10(4,5)6/h4-12,14,16,20,24H,13,15,17-18H2,1-3H3;7-10,12,14,16,18,21H,11,13,15H2,1-6H3;1-6H3/i2D3,3D3;2D3,6D3,16D;. The lowest BCUT2D eigenvalue weighted by Crippen LogP contribution is -2.53. The summed E-state index contributed by atoms with van der Waals surface area (Å²) in [4.78, 5) is 56.5. The van der Waals surface area contributed by atoms with Gasteiger partial charge in [0, 0.05) is 75.0 Å². The molecule has 2 fully saturated rings. The van der Waals surface area contributed by atoms with Crippen LogP contribution in [0, 0.1) is 25.7 Å². The van der Waals surface area contributed by atoms with Crippen LogP contribution in [-0.4, -0.2) is 142 Å². The fourth-order valence-corrected chi connectivity index (χ4v) is 11.8. The molecular formula is C62H81ClN10O11S2. The van der Waals surface area contributed by atoms with Crippen LogP contribution in [-0.2, 0) is 45.5 Å². The molecule has 464 valence electrons. The number of ether oxygens (including phenoxy) is 4. The van der Waals surface area contributed by atoms with Crippen LogP contribution in [0.25, 0.3) is 22.1 Å². The topological polar surface area (TPSA) is 231 Å². The zero-order valence-electron chi connectivity index (χ0n) is 62.7. The first kappa shape index (κ1) is 49.7. The van der Waals surface area contributed by atoms with E-state index in [-0.39, 0.29) is 81.3 Å². The van der Waals surface area contributed by atoms with Crippen LogP contribution < -0.4 is 9.80 Å². The van der Waals surface area contributed by atoms with Crippen molar-refractivity contribution in [3.05, 3.63) is 132 Å². The van der Waals surface area contributed by atoms with E-state index in [1.807, 2.05) is 42.2 Å². The van der Waals surface area contributed by atoms with E-state index in [9.17, 15) is 31.2 Å². The SMILES string of the molecule is CC(C)(C)OC(=O)OC(=O)OC(C)(C)C.[2H]C([2H])([2H])C1CCN(Cc2ccccc2)CC1N(c1nc(Cl)nc2c1ccn2S(=O)(=O)c1ccc(C)cc1)C([2H])([2H])[2H].[2H]c1nc(N(C2CN(C(=O)OC(C)(C)C)CCC2C([2H])([2H])[2H])C([2H])([2H])[2H])c2ccn(S(=O)(=O)c3ccc(C)cc3)c2n1. The van der Waals surface area contributed by atoms with Gasteiger partial charge in [-0.3, -0.25) is 4.90 Å². The molecule has 2 aliphatic rings. The van der Waals surface area contributed by atoms with Crippen molar-refractivity contribution in [3.8, 4) is 0 Å². The lowest BCUT2D eigenvalue weighted by Gasteiger charge is -2.42. The molecule has 0 radical (unpaired) electrons. The molecule has 0 saturated carbocycles. The number of anilines is 2. The summed E-state index contributed by atoms with van der Waals surface area (Å²) in [5.74, 6) is -2.68. The van der Waals surface area contributed by atoms with Crippen LogP contribution in [0.1, 0.15) is 123 Å². The number of halogens is 1. The largest absolute Gasteiger partial charge is 0.519 e. The lowest BCUT2D eigenvalue weighted by molar-refractivity contribution is -0.0294. The first-order chi connectivity index (χ1) is 45.4. The summed E-state index contributed by atoms with van der Waals surface area (Å²) in [7, 11) is -8.33. The molecule has 86 heavy (non-hydrogen) atoms. The van der Waals surface area contributed by atoms with Crippen molar-refractivity contribution in [2.24, 2.45) is 11.8 Å². The van der Waals surface area contributed by atoms with Gasteiger partial charge in [0.15, 0.2) is 11.3 Å². The maximum Gasteiger partial charge on any atom is 0.519 e. The Morgan fingerprint density at radius 1 is 0.628 bits per heavy atom. The molecule has 0 N–H and O–H groups in total. The highest BCUT2D eigenvalue weighted by Gasteiger charge is 2.36. The van der Waals surface area contributed by atoms with Crippen LogP contribution in [0.2, 0.25) is 5.28 Å². The quantitative estimate of drug-likeness (QED) is 0.0536. The second-order valence-corrected chi connectivity index (χ2v) is 27.6. The fourth-order valence-electron chi connectivity index (χ4n) is 9.08. The van der Waals surface area contributed by atoms with Gasteiger partial charge in [0.1, 0.15) is 36.1 Å². The van der Waals surface area contributed by atoms with E-state index >= 15 is 0 Å². The van der Waals surface area contributed by atoms with Crippen molar-refractivity contribution in [3.63, 3.8) is 0 Å². The molecule has 9 rings (SSSR count). The number of likely N-dealkylation sites (tertiary alicyclic amines) is 2. The molecule has 2 saturated heterocycles. The summed E-state index contributed by atoms with van der Waals surface area (Å²) in [5.41, 5.74) is 0.140. The molecule has 4 aromatic heterocycles. The minimum Gasteiger partial charge on any atom is -0.444 e. The number of fused-ring (bicyclic) bond motifs is 2. The highest BCUT2D eigenvalue weighted by Crippen LogP contribution is 2.35. The number of aryl methyl sites for hydroxylation is 2. The first-order valence-corrected chi connectivity index (χ1v) is 30.6. The number of hydrogen-bond donors (Lipinski definition) is 0. The predicted octanol–water partition coefficient (Wildman–Crippen LogP) is 11.9. The number of aromatic nitrogens is 6. The van der Waals surface area contributed by atoms with Gasteiger partial charge in [-0.05, 0) is 161 Å². The normalized spacial score (nSPS) is 20.6. The third-order valence-corrected chi connectivity index (χ3v) is 16.7. The van der Waals surface area contributed by atoms with Gasteiger partial charge in [0.2, 0.25) is 5.28 Å². The Morgan fingerprint density at radius 2 is 1.12 bits per heavy atom. The van der Waals surface area contributed by atoms with E-state index in [0.717, 1.165) is 34.4 Å². The van der Waals surface area contributed by atoms with Crippen LogP contribution in [0.3, 0.4) is 0 Å². The zero-order chi connectivity index (χ0) is 74.1. The Bertz CT molecular complexity index is 4230. The van der Waals surface area contributed by atoms with Crippen molar-refractivity contribution in [1.82, 2.24) is 37.7 Å². The third kappa shape index (κ3) is 16.8. The molecule has 4 atom stereocenters. The number of hydrogen-bond acceptors (Lipinski definition) is 18. The summed E-state index contributed by atoms with van der Waals surface area (Å²) in [6.45, 7) is 8.58. The van der Waals surface area contributed by atoms with E-state index in [4.69, 9.17) is 43.6 Å². The van der Waals surface area contributed by atoms with Crippen LogP contribution in [0.15, 0.2) is 119 Å². The Balaban J connectivity index is 0.000000231. The van der Waals surface area contributed by atoms with Crippen LogP contribution in [0.5, 0.6) is 0 Å². The first-order valence-electron chi connectivity index (χ1n) is 33.9. The van der Waals surface area contributed by atoms with Gasteiger partial charge >= 0.3 is 18.4 Å². The van der Waals surface area contributed by atoms with E-state index in [1.54, 1.807) is 93.5 Å². The molecule has 3 aromatic carbocycles. The fraction of sp³-hybridized carbons (Fsp3) is 0.468. The number of piperidine rings is 2. The smallest absolute Gasteiger partial charge is 0.444 e. The average molecular weight is 1260 g/mol. The van der Waals surface area contributed by atoms with Gasteiger partial charge in [-0.2, -0.15) is 9.97 Å². The molecule has 4 unspecified atom stereocenters. The minimum atomic E-state index is -4.21. The van der Waals surface area contributed by atoms with Crippen molar-refractivity contribution < 1.29 is 68.0 Å². The zero-order valence-corrected chi connectivity index (χ0v) is 52.1. The summed E-state index contributed by atoms with van der Waals surface area (Å²) >= 11 is 6.30. The maximum absolute atomic E-state index is 13.6. The highest BCUT2D eigenvalue weighted by molar-refractivity contribution is 7.90. The molecule has 0 bridgehead atoms. The molecule has 2 aliphatic heterocycles. The van der Waals surface area contributed by atoms with Gasteiger partial charge < -0.3 is 33.6 Å². The summed E-state index contributed by atoms with van der Waals surface area (Å²) in [6.07, 6.45) is -0.889. The molecule has 21 nitrogen and oxygen atoms in total. The summed E-state index contributed by atoms with van der Waals surface area (Å²) < 4.78 is 183. The number of benzene rings is 3. The summed E-state index contributed by atoms with van der Waals surface area (Å²) in [5, 5.41) is -0.264. The molecule has 0 aliphatic carbocycles. The number of carbonyl (C=O) groups is 3. The van der Waals surface area contributed by atoms with E-state index in [0.29, 0.717) is 13.1 Å². The average Bonchev–Trinajstić information content (AvgIpc) is 1.69. The van der Waals surface area contributed by atoms with Crippen molar-refractivity contribution in [1.29, 1.82) is 0 Å².